The fourth-order valence-electron chi connectivity index (χ4n) is 1.81. The van der Waals surface area contributed by atoms with Gasteiger partial charge in [0.1, 0.15) is 4.75 Å². The average Bonchev–Trinajstić information content (AvgIpc) is 2.36. The lowest BCUT2D eigenvalue weighted by Crippen LogP contribution is -2.49. The third-order valence-electron chi connectivity index (χ3n) is 3.14. The summed E-state index contributed by atoms with van der Waals surface area (Å²) >= 11 is 1.52. The minimum atomic E-state index is -3.38. The van der Waals surface area contributed by atoms with Gasteiger partial charge in [0.15, 0.2) is 0 Å². The summed E-state index contributed by atoms with van der Waals surface area (Å²) < 4.78 is 27.6. The zero-order valence-corrected chi connectivity index (χ0v) is 12.8. The van der Waals surface area contributed by atoms with Crippen LogP contribution in [0.2, 0.25) is 0 Å². The highest BCUT2D eigenvalue weighted by Gasteiger charge is 2.37. The number of hydrogen-bond acceptors (Lipinski definition) is 4. The summed E-state index contributed by atoms with van der Waals surface area (Å²) in [6.45, 7) is 5.22. The molecule has 0 unspecified atom stereocenters. The SMILES string of the molecule is CSC1(C#N)CCN(S(=O)(=O)NCC(C)C)CC1. The van der Waals surface area contributed by atoms with E-state index < -0.39 is 15.0 Å². The number of hydrogen-bond donors (Lipinski definition) is 1. The molecule has 1 aliphatic rings. The van der Waals surface area contributed by atoms with E-state index in [-0.39, 0.29) is 5.92 Å². The first kappa shape index (κ1) is 15.8. The summed E-state index contributed by atoms with van der Waals surface area (Å²) in [4.78, 5) is 0. The van der Waals surface area contributed by atoms with Crippen molar-refractivity contribution in [3.8, 4) is 6.07 Å². The summed E-state index contributed by atoms with van der Waals surface area (Å²) in [6, 6.07) is 2.31. The third kappa shape index (κ3) is 3.85. The fourth-order valence-corrected chi connectivity index (χ4v) is 3.88. The van der Waals surface area contributed by atoms with Crippen molar-refractivity contribution >= 4 is 22.0 Å². The Labute approximate surface area is 114 Å². The molecule has 0 radical (unpaired) electrons. The van der Waals surface area contributed by atoms with Crippen LogP contribution < -0.4 is 4.72 Å². The minimum absolute atomic E-state index is 0.286. The van der Waals surface area contributed by atoms with E-state index in [2.05, 4.69) is 10.8 Å². The Morgan fingerprint density at radius 1 is 1.44 bits per heavy atom. The number of piperidine rings is 1. The van der Waals surface area contributed by atoms with Crippen molar-refractivity contribution in [1.29, 1.82) is 5.26 Å². The Morgan fingerprint density at radius 3 is 2.39 bits per heavy atom. The lowest BCUT2D eigenvalue weighted by Gasteiger charge is -2.35. The molecule has 0 atom stereocenters. The van der Waals surface area contributed by atoms with E-state index in [4.69, 9.17) is 5.26 Å². The molecule has 1 rings (SSSR count). The lowest BCUT2D eigenvalue weighted by molar-refractivity contribution is 0.322. The van der Waals surface area contributed by atoms with E-state index in [1.807, 2.05) is 20.1 Å². The molecule has 1 heterocycles. The van der Waals surface area contributed by atoms with Gasteiger partial charge in [0.25, 0.3) is 10.2 Å². The van der Waals surface area contributed by atoms with E-state index in [9.17, 15) is 8.42 Å². The molecule has 0 saturated carbocycles. The van der Waals surface area contributed by atoms with Crippen LogP contribution in [0.1, 0.15) is 26.7 Å². The van der Waals surface area contributed by atoms with E-state index in [1.165, 1.54) is 16.1 Å². The van der Waals surface area contributed by atoms with Gasteiger partial charge in [-0.3, -0.25) is 0 Å². The molecule has 104 valence electrons. The molecule has 7 heteroatoms. The first-order valence-corrected chi connectivity index (χ1v) is 8.73. The molecule has 0 spiro atoms. The molecule has 0 aromatic carbocycles. The second kappa shape index (κ2) is 6.24. The first-order chi connectivity index (χ1) is 8.35. The maximum Gasteiger partial charge on any atom is 0.279 e. The molecule has 0 bridgehead atoms. The number of rotatable bonds is 5. The second-order valence-corrected chi connectivity index (χ2v) is 7.90. The molecule has 18 heavy (non-hydrogen) atoms. The van der Waals surface area contributed by atoms with E-state index in [0.717, 1.165) is 0 Å². The maximum absolute atomic E-state index is 12.0. The van der Waals surface area contributed by atoms with Crippen molar-refractivity contribution in [2.45, 2.75) is 31.4 Å². The van der Waals surface area contributed by atoms with Crippen LogP contribution in [-0.2, 0) is 10.2 Å². The zero-order valence-electron chi connectivity index (χ0n) is 11.1. The van der Waals surface area contributed by atoms with Gasteiger partial charge < -0.3 is 0 Å². The number of nitrogens with zero attached hydrogens (tertiary/aromatic N) is 2. The third-order valence-corrected chi connectivity index (χ3v) is 6.00. The van der Waals surface area contributed by atoms with E-state index >= 15 is 0 Å². The van der Waals surface area contributed by atoms with Gasteiger partial charge in [-0.15, -0.1) is 11.8 Å². The van der Waals surface area contributed by atoms with Crippen molar-refractivity contribution in [2.24, 2.45) is 5.92 Å². The van der Waals surface area contributed by atoms with Crippen molar-refractivity contribution < 1.29 is 8.42 Å². The molecule has 1 aliphatic heterocycles. The fraction of sp³-hybridized carbons (Fsp3) is 0.909. The Balaban J connectivity index is 2.60. The van der Waals surface area contributed by atoms with Gasteiger partial charge in [-0.05, 0) is 25.0 Å². The molecular formula is C11H21N3O2S2. The van der Waals surface area contributed by atoms with Crippen molar-refractivity contribution in [1.82, 2.24) is 9.03 Å². The molecule has 1 saturated heterocycles. The Hall–Kier alpha value is -0.290. The molecule has 0 aliphatic carbocycles. The van der Waals surface area contributed by atoms with Gasteiger partial charge in [-0.1, -0.05) is 13.8 Å². The van der Waals surface area contributed by atoms with Crippen LogP contribution in [0, 0.1) is 17.2 Å². The van der Waals surface area contributed by atoms with Crippen LogP contribution in [0.5, 0.6) is 0 Å². The second-order valence-electron chi connectivity index (χ2n) is 4.96. The Bertz CT molecular complexity index is 406. The van der Waals surface area contributed by atoms with Crippen LogP contribution in [-0.4, -0.2) is 43.4 Å². The summed E-state index contributed by atoms with van der Waals surface area (Å²) in [5.74, 6) is 0.286. The summed E-state index contributed by atoms with van der Waals surface area (Å²) in [5, 5.41) is 9.15. The lowest BCUT2D eigenvalue weighted by atomic mass is 9.99. The van der Waals surface area contributed by atoms with Crippen LogP contribution in [0.3, 0.4) is 0 Å². The van der Waals surface area contributed by atoms with Gasteiger partial charge in [-0.2, -0.15) is 18.0 Å². The largest absolute Gasteiger partial charge is 0.279 e. The van der Waals surface area contributed by atoms with Crippen molar-refractivity contribution in [3.05, 3.63) is 0 Å². The molecule has 0 amide bonds. The highest BCUT2D eigenvalue weighted by Crippen LogP contribution is 2.34. The van der Waals surface area contributed by atoms with Crippen LogP contribution in [0.25, 0.3) is 0 Å². The summed E-state index contributed by atoms with van der Waals surface area (Å²) in [7, 11) is -3.38. The summed E-state index contributed by atoms with van der Waals surface area (Å²) in [6.07, 6.45) is 3.09. The van der Waals surface area contributed by atoms with E-state index in [1.54, 1.807) is 0 Å². The number of nitrogens with one attached hydrogen (secondary N) is 1. The quantitative estimate of drug-likeness (QED) is 0.826. The Morgan fingerprint density at radius 2 is 2.00 bits per heavy atom. The molecule has 1 N–H and O–H groups in total. The van der Waals surface area contributed by atoms with Crippen LogP contribution in [0.4, 0.5) is 0 Å². The van der Waals surface area contributed by atoms with Crippen LogP contribution >= 0.6 is 11.8 Å². The summed E-state index contributed by atoms with van der Waals surface area (Å²) in [5.41, 5.74) is 0. The van der Waals surface area contributed by atoms with Crippen molar-refractivity contribution in [2.75, 3.05) is 25.9 Å². The molecule has 1 fully saturated rings. The number of thioether (sulfide) groups is 1. The molecular weight excluding hydrogens is 270 g/mol. The predicted octanol–water partition coefficient (Wildman–Crippen LogP) is 1.20. The molecule has 0 aromatic heterocycles. The zero-order chi connectivity index (χ0) is 13.8. The highest BCUT2D eigenvalue weighted by atomic mass is 32.2. The minimum Gasteiger partial charge on any atom is -0.202 e. The monoisotopic (exact) mass is 291 g/mol. The average molecular weight is 291 g/mol. The van der Waals surface area contributed by atoms with Gasteiger partial charge in [0.2, 0.25) is 0 Å². The maximum atomic E-state index is 12.0. The topological polar surface area (TPSA) is 73.2 Å². The van der Waals surface area contributed by atoms with E-state index in [0.29, 0.717) is 32.5 Å². The van der Waals surface area contributed by atoms with Gasteiger partial charge in [0.05, 0.1) is 6.07 Å². The normalized spacial score (nSPS) is 20.8. The first-order valence-electron chi connectivity index (χ1n) is 6.06. The highest BCUT2D eigenvalue weighted by molar-refractivity contribution is 8.00. The number of nitriles is 1. The van der Waals surface area contributed by atoms with Gasteiger partial charge in [-0.25, -0.2) is 4.72 Å². The smallest absolute Gasteiger partial charge is 0.202 e. The van der Waals surface area contributed by atoms with Crippen LogP contribution in [0.15, 0.2) is 0 Å². The predicted molar refractivity (Wildman–Crippen MR) is 74.4 cm³/mol. The Kier molecular flexibility index (Phi) is 5.46. The van der Waals surface area contributed by atoms with Gasteiger partial charge >= 0.3 is 0 Å². The van der Waals surface area contributed by atoms with Crippen molar-refractivity contribution in [3.63, 3.8) is 0 Å². The molecule has 0 aromatic rings. The molecule has 5 nitrogen and oxygen atoms in total. The standard InChI is InChI=1S/C11H21N3O2S2/c1-10(2)8-13-18(15,16)14-6-4-11(9-12,17-3)5-7-14/h10,13H,4-8H2,1-3H3. The van der Waals surface area contributed by atoms with Gasteiger partial charge in [0, 0.05) is 19.6 Å².